The Hall–Kier alpha value is -1.85. The number of hydrogen-bond acceptors (Lipinski definition) is 5. The molecule has 0 bridgehead atoms. The van der Waals surface area contributed by atoms with Crippen LogP contribution in [0.25, 0.3) is 0 Å². The van der Waals surface area contributed by atoms with Gasteiger partial charge in [0, 0.05) is 45.2 Å². The molecule has 6 heteroatoms. The number of aromatic nitrogens is 2. The SMILES string of the molecule is CCCNc1cc(N2CCC[C@@H](CCC(=O)N3CCC[C@@H](C)C3)C2)ncn1. The number of anilines is 2. The first-order valence-electron chi connectivity index (χ1n) is 10.7. The van der Waals surface area contributed by atoms with E-state index in [0.717, 1.165) is 63.6 Å². The monoisotopic (exact) mass is 373 g/mol. The van der Waals surface area contributed by atoms with Crippen LogP contribution in [0, 0.1) is 11.8 Å². The predicted molar refractivity (Wildman–Crippen MR) is 110 cm³/mol. The molecule has 1 aromatic rings. The van der Waals surface area contributed by atoms with Gasteiger partial charge in [0.2, 0.25) is 5.91 Å². The molecule has 2 aliphatic rings. The lowest BCUT2D eigenvalue weighted by Crippen LogP contribution is -2.40. The molecule has 1 N–H and O–H groups in total. The number of carbonyl (C=O) groups is 1. The van der Waals surface area contributed by atoms with Gasteiger partial charge in [-0.3, -0.25) is 4.79 Å². The number of hydrogen-bond donors (Lipinski definition) is 1. The average molecular weight is 374 g/mol. The van der Waals surface area contributed by atoms with Crippen molar-refractivity contribution in [2.45, 2.75) is 58.8 Å². The van der Waals surface area contributed by atoms with E-state index in [1.54, 1.807) is 6.33 Å². The van der Waals surface area contributed by atoms with Crippen LogP contribution in [-0.2, 0) is 4.79 Å². The smallest absolute Gasteiger partial charge is 0.222 e. The van der Waals surface area contributed by atoms with Gasteiger partial charge in [-0.05, 0) is 50.4 Å². The molecule has 0 saturated carbocycles. The summed E-state index contributed by atoms with van der Waals surface area (Å²) in [4.78, 5) is 25.8. The molecule has 0 spiro atoms. The van der Waals surface area contributed by atoms with Gasteiger partial charge >= 0.3 is 0 Å². The Labute approximate surface area is 163 Å². The largest absolute Gasteiger partial charge is 0.370 e. The summed E-state index contributed by atoms with van der Waals surface area (Å²) >= 11 is 0. The van der Waals surface area contributed by atoms with Gasteiger partial charge in [0.15, 0.2) is 0 Å². The molecule has 6 nitrogen and oxygen atoms in total. The Morgan fingerprint density at radius 1 is 1.22 bits per heavy atom. The minimum atomic E-state index is 0.353. The van der Waals surface area contributed by atoms with E-state index in [0.29, 0.717) is 24.2 Å². The van der Waals surface area contributed by atoms with E-state index in [1.807, 2.05) is 0 Å². The molecular weight excluding hydrogens is 338 g/mol. The van der Waals surface area contributed by atoms with Gasteiger partial charge < -0.3 is 15.1 Å². The highest BCUT2D eigenvalue weighted by molar-refractivity contribution is 5.76. The molecule has 3 rings (SSSR count). The van der Waals surface area contributed by atoms with Crippen molar-refractivity contribution in [3.05, 3.63) is 12.4 Å². The zero-order valence-electron chi connectivity index (χ0n) is 17.0. The second-order valence-corrected chi connectivity index (χ2v) is 8.27. The Morgan fingerprint density at radius 2 is 2.07 bits per heavy atom. The summed E-state index contributed by atoms with van der Waals surface area (Å²) in [6, 6.07) is 2.05. The van der Waals surface area contributed by atoms with E-state index in [2.05, 4.69) is 45.0 Å². The van der Waals surface area contributed by atoms with Gasteiger partial charge in [-0.15, -0.1) is 0 Å². The Balaban J connectivity index is 1.50. The minimum absolute atomic E-state index is 0.353. The highest BCUT2D eigenvalue weighted by Gasteiger charge is 2.25. The van der Waals surface area contributed by atoms with Crippen LogP contribution in [0.5, 0.6) is 0 Å². The zero-order chi connectivity index (χ0) is 19.1. The summed E-state index contributed by atoms with van der Waals surface area (Å²) in [5, 5.41) is 3.34. The van der Waals surface area contributed by atoms with Crippen molar-refractivity contribution in [1.29, 1.82) is 0 Å². The molecule has 3 heterocycles. The van der Waals surface area contributed by atoms with Crippen LogP contribution < -0.4 is 10.2 Å². The van der Waals surface area contributed by atoms with Gasteiger partial charge in [-0.2, -0.15) is 0 Å². The Morgan fingerprint density at radius 3 is 2.89 bits per heavy atom. The topological polar surface area (TPSA) is 61.4 Å². The predicted octanol–water partition coefficient (Wildman–Crippen LogP) is 3.55. The fourth-order valence-electron chi connectivity index (χ4n) is 4.28. The number of likely N-dealkylation sites (tertiary alicyclic amines) is 1. The van der Waals surface area contributed by atoms with Crippen LogP contribution in [-0.4, -0.2) is 53.5 Å². The third-order valence-electron chi connectivity index (χ3n) is 5.83. The summed E-state index contributed by atoms with van der Waals surface area (Å²) in [6.45, 7) is 9.26. The standard InChI is InChI=1S/C21H35N5O/c1-3-10-22-19-13-20(24-16-23-19)25-11-5-7-18(15-25)8-9-21(27)26-12-4-6-17(2)14-26/h13,16-18H,3-12,14-15H2,1-2H3,(H,22,23,24)/t17-,18+/m1/s1. The second-order valence-electron chi connectivity index (χ2n) is 8.27. The van der Waals surface area contributed by atoms with E-state index in [9.17, 15) is 4.79 Å². The maximum absolute atomic E-state index is 12.6. The molecule has 1 amide bonds. The van der Waals surface area contributed by atoms with Gasteiger partial charge in [0.25, 0.3) is 0 Å². The molecule has 150 valence electrons. The number of carbonyl (C=O) groups excluding carboxylic acids is 1. The summed E-state index contributed by atoms with van der Waals surface area (Å²) in [6.07, 6.45) is 9.21. The molecule has 1 aromatic heterocycles. The van der Waals surface area contributed by atoms with Crippen molar-refractivity contribution in [3.63, 3.8) is 0 Å². The number of nitrogens with zero attached hydrogens (tertiary/aromatic N) is 4. The van der Waals surface area contributed by atoms with E-state index in [-0.39, 0.29) is 0 Å². The lowest BCUT2D eigenvalue weighted by atomic mass is 9.92. The van der Waals surface area contributed by atoms with Crippen molar-refractivity contribution < 1.29 is 4.79 Å². The number of amides is 1. The van der Waals surface area contributed by atoms with Crippen LogP contribution in [0.15, 0.2) is 12.4 Å². The number of piperidine rings is 2. The zero-order valence-corrected chi connectivity index (χ0v) is 17.0. The third kappa shape index (κ3) is 5.81. The molecule has 0 radical (unpaired) electrons. The highest BCUT2D eigenvalue weighted by atomic mass is 16.2. The van der Waals surface area contributed by atoms with Crippen LogP contribution in [0.2, 0.25) is 0 Å². The highest BCUT2D eigenvalue weighted by Crippen LogP contribution is 2.26. The molecular formula is C21H35N5O. The minimum Gasteiger partial charge on any atom is -0.370 e. The molecule has 0 aromatic carbocycles. The molecule has 2 aliphatic heterocycles. The van der Waals surface area contributed by atoms with E-state index in [4.69, 9.17) is 0 Å². The van der Waals surface area contributed by atoms with Crippen LogP contribution >= 0.6 is 0 Å². The quantitative estimate of drug-likeness (QED) is 0.792. The van der Waals surface area contributed by atoms with E-state index >= 15 is 0 Å². The second kappa shape index (κ2) is 9.90. The first-order chi connectivity index (χ1) is 13.2. The molecule has 0 unspecified atom stereocenters. The van der Waals surface area contributed by atoms with Crippen molar-refractivity contribution >= 4 is 17.5 Å². The summed E-state index contributed by atoms with van der Waals surface area (Å²) in [5.74, 6) is 3.49. The van der Waals surface area contributed by atoms with Gasteiger partial charge in [-0.1, -0.05) is 13.8 Å². The third-order valence-corrected chi connectivity index (χ3v) is 5.83. The van der Waals surface area contributed by atoms with Crippen LogP contribution in [0.1, 0.15) is 58.8 Å². The summed E-state index contributed by atoms with van der Waals surface area (Å²) < 4.78 is 0. The van der Waals surface area contributed by atoms with Gasteiger partial charge in [0.05, 0.1) is 0 Å². The van der Waals surface area contributed by atoms with E-state index in [1.165, 1.54) is 19.3 Å². The van der Waals surface area contributed by atoms with Crippen LogP contribution in [0.4, 0.5) is 11.6 Å². The fourth-order valence-corrected chi connectivity index (χ4v) is 4.28. The van der Waals surface area contributed by atoms with Crippen molar-refractivity contribution in [2.75, 3.05) is 42.9 Å². The fraction of sp³-hybridized carbons (Fsp3) is 0.762. The Kier molecular flexibility index (Phi) is 7.30. The lowest BCUT2D eigenvalue weighted by Gasteiger charge is -2.35. The molecule has 2 atom stereocenters. The molecule has 0 aliphatic carbocycles. The lowest BCUT2D eigenvalue weighted by molar-refractivity contribution is -0.133. The Bertz CT molecular complexity index is 608. The molecule has 2 saturated heterocycles. The first kappa shape index (κ1) is 19.9. The summed E-state index contributed by atoms with van der Waals surface area (Å²) in [5.41, 5.74) is 0. The maximum Gasteiger partial charge on any atom is 0.222 e. The molecule has 2 fully saturated rings. The van der Waals surface area contributed by atoms with Gasteiger partial charge in [0.1, 0.15) is 18.0 Å². The summed E-state index contributed by atoms with van der Waals surface area (Å²) in [7, 11) is 0. The maximum atomic E-state index is 12.6. The number of rotatable bonds is 7. The number of nitrogens with one attached hydrogen (secondary N) is 1. The normalized spacial score (nSPS) is 23.3. The van der Waals surface area contributed by atoms with Crippen molar-refractivity contribution in [3.8, 4) is 0 Å². The van der Waals surface area contributed by atoms with Crippen molar-refractivity contribution in [1.82, 2.24) is 14.9 Å². The van der Waals surface area contributed by atoms with E-state index < -0.39 is 0 Å². The first-order valence-corrected chi connectivity index (χ1v) is 10.7. The molecule has 27 heavy (non-hydrogen) atoms. The van der Waals surface area contributed by atoms with Crippen LogP contribution in [0.3, 0.4) is 0 Å². The van der Waals surface area contributed by atoms with Crippen molar-refractivity contribution in [2.24, 2.45) is 11.8 Å². The average Bonchev–Trinajstić information content (AvgIpc) is 2.71. The van der Waals surface area contributed by atoms with Gasteiger partial charge in [-0.25, -0.2) is 9.97 Å².